The Kier molecular flexibility index (Phi) is 7.01. The third-order valence-corrected chi connectivity index (χ3v) is 13.1. The van der Waals surface area contributed by atoms with E-state index in [1.165, 1.54) is 60.0 Å². The molecule has 9 rings (SSSR count). The Labute approximate surface area is 261 Å². The highest BCUT2D eigenvalue weighted by atomic mass is 31.0. The van der Waals surface area contributed by atoms with Gasteiger partial charge in [0.05, 0.1) is 16.5 Å². The summed E-state index contributed by atoms with van der Waals surface area (Å²) in [6.45, 7) is 0. The number of allylic oxidation sites excluding steroid dienone is 4. The van der Waals surface area contributed by atoms with Gasteiger partial charge in [-0.05, 0) is 119 Å². The van der Waals surface area contributed by atoms with E-state index < -0.39 is 5.16 Å². The molecule has 0 N–H and O–H groups in total. The second-order valence-electron chi connectivity index (χ2n) is 13.5. The molecule has 0 aliphatic heterocycles. The van der Waals surface area contributed by atoms with Gasteiger partial charge >= 0.3 is 0 Å². The minimum absolute atomic E-state index is 0.164. The van der Waals surface area contributed by atoms with Crippen molar-refractivity contribution in [1.29, 1.82) is 0 Å². The van der Waals surface area contributed by atoms with E-state index in [0.717, 1.165) is 41.2 Å². The lowest BCUT2D eigenvalue weighted by molar-refractivity contribution is -0.109. The van der Waals surface area contributed by atoms with Gasteiger partial charge in [0.25, 0.3) is 0 Å². The van der Waals surface area contributed by atoms with Crippen molar-refractivity contribution in [3.05, 3.63) is 144 Å². The molecule has 0 amide bonds. The molecule has 2 aromatic carbocycles. The zero-order valence-corrected chi connectivity index (χ0v) is 27.0. The highest BCUT2D eigenvalue weighted by molar-refractivity contribution is 7.19. The van der Waals surface area contributed by atoms with Crippen LogP contribution in [-0.2, 0) is 5.16 Å². The first-order valence-electron chi connectivity index (χ1n) is 16.0. The van der Waals surface area contributed by atoms with Gasteiger partial charge in [-0.25, -0.2) is 0 Å². The van der Waals surface area contributed by atoms with Crippen LogP contribution in [0.2, 0.25) is 0 Å². The Morgan fingerprint density at radius 3 is 1.65 bits per heavy atom. The van der Waals surface area contributed by atoms with Gasteiger partial charge in [0.15, 0.2) is 0 Å². The smallest absolute Gasteiger partial charge is 0.0902 e. The van der Waals surface area contributed by atoms with Gasteiger partial charge in [-0.3, -0.25) is 9.97 Å². The molecule has 0 spiro atoms. The molecule has 4 saturated carbocycles. The molecule has 2 aromatic heterocycles. The predicted octanol–water partition coefficient (Wildman–Crippen LogP) is 9.08. The second kappa shape index (κ2) is 10.9. The fourth-order valence-corrected chi connectivity index (χ4v) is 11.4. The quantitative estimate of drug-likeness (QED) is 0.198. The lowest BCUT2D eigenvalue weighted by Gasteiger charge is -2.64. The largest absolute Gasteiger partial charge is 0.260 e. The molecule has 4 aromatic rings. The number of nitrogens with zero attached hydrogens (tertiary/aromatic N) is 2. The van der Waals surface area contributed by atoms with E-state index in [2.05, 4.69) is 109 Å². The highest BCUT2D eigenvalue weighted by Gasteiger charge is 2.63. The van der Waals surface area contributed by atoms with Crippen LogP contribution in [0.5, 0.6) is 0 Å². The van der Waals surface area contributed by atoms with Gasteiger partial charge in [-0.1, -0.05) is 78.9 Å². The molecular weight excluding hydrogens is 558 g/mol. The first-order valence-corrected chi connectivity index (χ1v) is 17.4. The van der Waals surface area contributed by atoms with E-state index in [9.17, 15) is 0 Å². The number of benzene rings is 2. The molecule has 43 heavy (non-hydrogen) atoms. The van der Waals surface area contributed by atoms with Crippen LogP contribution in [0.1, 0.15) is 54.6 Å². The number of aromatic nitrogens is 2. The minimum atomic E-state index is -0.564. The van der Waals surface area contributed by atoms with Crippen molar-refractivity contribution >= 4 is 29.6 Å². The summed E-state index contributed by atoms with van der Waals surface area (Å²) in [6, 6.07) is 35.1. The van der Waals surface area contributed by atoms with E-state index in [0.29, 0.717) is 0 Å². The number of hydrogen-bond acceptors (Lipinski definition) is 2. The summed E-state index contributed by atoms with van der Waals surface area (Å²) in [5.74, 6) is 3.52. The van der Waals surface area contributed by atoms with E-state index in [-0.39, 0.29) is 11.3 Å². The fraction of sp³-hybridized carbons (Fsp3) is 0.333. The molecule has 0 saturated heterocycles. The van der Waals surface area contributed by atoms with Crippen LogP contribution >= 0.6 is 18.5 Å². The summed E-state index contributed by atoms with van der Waals surface area (Å²) >= 11 is 0. The summed E-state index contributed by atoms with van der Waals surface area (Å²) in [7, 11) is 6.61. The standard InChI is InChI=1S/C39H40N2P2/c42-25-38(30-20-26-19-27(22-30)23-31(38)21-26)37-33(39(43,34-15-7-9-17-40-34)35-16-8-10-18-41-35)24-32(28-11-3-1-4-12-28)36(37)29-13-5-2-6-14-29/h1-18,24,26-27,30-31,37H,19-23,25,42-43H2. The van der Waals surface area contributed by atoms with Crippen LogP contribution in [-0.4, -0.2) is 16.1 Å². The van der Waals surface area contributed by atoms with E-state index in [1.54, 1.807) is 0 Å². The first kappa shape index (κ1) is 27.6. The number of pyridine rings is 2. The van der Waals surface area contributed by atoms with Crippen LogP contribution in [0.15, 0.2) is 121 Å². The van der Waals surface area contributed by atoms with Crippen molar-refractivity contribution < 1.29 is 0 Å². The van der Waals surface area contributed by atoms with Crippen molar-refractivity contribution in [1.82, 2.24) is 9.97 Å². The lowest BCUT2D eigenvalue weighted by Crippen LogP contribution is -2.58. The van der Waals surface area contributed by atoms with Gasteiger partial charge in [-0.2, -0.15) is 0 Å². The molecule has 0 radical (unpaired) electrons. The Balaban J connectivity index is 1.45. The fourth-order valence-electron chi connectivity index (χ4n) is 9.93. The molecule has 4 fully saturated rings. The zero-order valence-electron chi connectivity index (χ0n) is 24.6. The van der Waals surface area contributed by atoms with E-state index in [1.807, 2.05) is 24.5 Å². The first-order chi connectivity index (χ1) is 21.1. The van der Waals surface area contributed by atoms with Crippen molar-refractivity contribution in [3.63, 3.8) is 0 Å². The number of rotatable bonds is 7. The van der Waals surface area contributed by atoms with Crippen molar-refractivity contribution in [2.24, 2.45) is 35.0 Å². The van der Waals surface area contributed by atoms with Crippen LogP contribution in [0.3, 0.4) is 0 Å². The van der Waals surface area contributed by atoms with Gasteiger partial charge in [0.1, 0.15) is 0 Å². The molecule has 216 valence electrons. The van der Waals surface area contributed by atoms with Crippen molar-refractivity contribution in [3.8, 4) is 0 Å². The summed E-state index contributed by atoms with van der Waals surface area (Å²) in [4.78, 5) is 10.1. The van der Waals surface area contributed by atoms with E-state index in [4.69, 9.17) is 9.97 Å². The maximum atomic E-state index is 5.06. The summed E-state index contributed by atoms with van der Waals surface area (Å²) in [5, 5.41) is -0.564. The average molecular weight is 599 g/mol. The molecule has 5 aliphatic carbocycles. The third-order valence-electron chi connectivity index (χ3n) is 11.5. The molecule has 4 bridgehead atoms. The van der Waals surface area contributed by atoms with Crippen LogP contribution in [0.4, 0.5) is 0 Å². The topological polar surface area (TPSA) is 25.8 Å². The van der Waals surface area contributed by atoms with Gasteiger partial charge in [0.2, 0.25) is 0 Å². The van der Waals surface area contributed by atoms with Crippen LogP contribution < -0.4 is 0 Å². The Bertz CT molecular complexity index is 1600. The molecule has 2 heterocycles. The van der Waals surface area contributed by atoms with Crippen molar-refractivity contribution in [2.45, 2.75) is 37.3 Å². The minimum Gasteiger partial charge on any atom is -0.260 e. The van der Waals surface area contributed by atoms with E-state index >= 15 is 0 Å². The number of hydrogen-bond donors (Lipinski definition) is 0. The molecule has 2 nitrogen and oxygen atoms in total. The van der Waals surface area contributed by atoms with Crippen LogP contribution in [0, 0.1) is 35.0 Å². The summed E-state index contributed by atoms with van der Waals surface area (Å²) in [5.41, 5.74) is 9.17. The monoisotopic (exact) mass is 598 g/mol. The van der Waals surface area contributed by atoms with Crippen molar-refractivity contribution in [2.75, 3.05) is 6.16 Å². The van der Waals surface area contributed by atoms with Crippen LogP contribution in [0.25, 0.3) is 11.1 Å². The summed E-state index contributed by atoms with van der Waals surface area (Å²) in [6.07, 6.45) is 14.5. The molecule has 3 unspecified atom stereocenters. The summed E-state index contributed by atoms with van der Waals surface area (Å²) < 4.78 is 0. The third kappa shape index (κ3) is 4.28. The predicted molar refractivity (Wildman–Crippen MR) is 184 cm³/mol. The Hall–Kier alpha value is -2.92. The molecular formula is C39H40N2P2. The normalized spacial score (nSPS) is 29.6. The van der Waals surface area contributed by atoms with Gasteiger partial charge in [0, 0.05) is 18.3 Å². The Morgan fingerprint density at radius 2 is 1.16 bits per heavy atom. The maximum absolute atomic E-state index is 5.06. The average Bonchev–Trinajstić information content (AvgIpc) is 3.48. The highest BCUT2D eigenvalue weighted by Crippen LogP contribution is 2.71. The zero-order chi connectivity index (χ0) is 29.0. The van der Waals surface area contributed by atoms with Gasteiger partial charge in [-0.15, -0.1) is 18.5 Å². The maximum Gasteiger partial charge on any atom is 0.0902 e. The second-order valence-corrected chi connectivity index (χ2v) is 14.7. The molecule has 4 heteroatoms. The SMILES string of the molecule is PCC1(C2C(C(P)(c3ccccn3)c3ccccn3)=CC(c3ccccc3)=C2c2ccccc2)C2CC3CC(C2)CC1C3. The molecule has 5 aliphatic rings. The lowest BCUT2D eigenvalue weighted by atomic mass is 9.41. The van der Waals surface area contributed by atoms with Gasteiger partial charge < -0.3 is 0 Å². The Morgan fingerprint density at radius 1 is 0.651 bits per heavy atom. The molecule has 3 atom stereocenters.